The van der Waals surface area contributed by atoms with Crippen molar-refractivity contribution in [3.63, 3.8) is 0 Å². The molecule has 1 amide bonds. The molecule has 7 heteroatoms. The fourth-order valence-corrected chi connectivity index (χ4v) is 2.66. The van der Waals surface area contributed by atoms with E-state index in [2.05, 4.69) is 20.9 Å². The van der Waals surface area contributed by atoms with Crippen molar-refractivity contribution in [1.29, 1.82) is 0 Å². The van der Waals surface area contributed by atoms with Gasteiger partial charge in [-0.3, -0.25) is 4.79 Å². The first-order chi connectivity index (χ1) is 13.8. The summed E-state index contributed by atoms with van der Waals surface area (Å²) in [6.45, 7) is 6.93. The molecule has 6 nitrogen and oxygen atoms in total. The first kappa shape index (κ1) is 22.4. The number of aliphatic hydroxyl groups is 1. The van der Waals surface area contributed by atoms with E-state index in [4.69, 9.17) is 0 Å². The number of aryl methyl sites for hydroxylation is 1. The fraction of sp³-hybridized carbons (Fsp3) is 0.364. The second-order valence-electron chi connectivity index (χ2n) is 6.98. The van der Waals surface area contributed by atoms with Gasteiger partial charge < -0.3 is 21.1 Å². The largest absolute Gasteiger partial charge is 0.384 e. The van der Waals surface area contributed by atoms with Crippen LogP contribution in [0.4, 0.5) is 4.39 Å². The van der Waals surface area contributed by atoms with E-state index in [0.717, 1.165) is 5.56 Å². The number of halogens is 1. The number of amides is 1. The topological polar surface area (TPSA) is 85.8 Å². The number of hydrogen-bond acceptors (Lipinski definition) is 3. The molecule has 2 aromatic rings. The lowest BCUT2D eigenvalue weighted by Crippen LogP contribution is -2.42. The molecule has 0 heterocycles. The summed E-state index contributed by atoms with van der Waals surface area (Å²) < 4.78 is 13.6. The number of carbonyl (C=O) groups excluding carboxylic acids is 1. The van der Waals surface area contributed by atoms with Gasteiger partial charge >= 0.3 is 0 Å². The number of benzene rings is 2. The number of rotatable bonds is 8. The monoisotopic (exact) mass is 400 g/mol. The Labute approximate surface area is 171 Å². The molecule has 0 fully saturated rings. The molecule has 0 aliphatic heterocycles. The number of nitrogens with one attached hydrogen (secondary N) is 3. The Kier molecular flexibility index (Phi) is 8.15. The van der Waals surface area contributed by atoms with E-state index in [1.54, 1.807) is 26.0 Å². The van der Waals surface area contributed by atoms with Crippen LogP contribution in [0.1, 0.15) is 35.3 Å². The molecule has 0 bridgehead atoms. The van der Waals surface area contributed by atoms with Crippen molar-refractivity contribution in [1.82, 2.24) is 16.0 Å². The maximum absolute atomic E-state index is 13.6. The molecule has 1 atom stereocenters. The van der Waals surface area contributed by atoms with Crippen molar-refractivity contribution in [3.05, 3.63) is 71.0 Å². The van der Waals surface area contributed by atoms with Crippen LogP contribution in [-0.4, -0.2) is 43.2 Å². The summed E-state index contributed by atoms with van der Waals surface area (Å²) in [4.78, 5) is 16.5. The van der Waals surface area contributed by atoms with Crippen molar-refractivity contribution >= 4 is 11.9 Å². The van der Waals surface area contributed by atoms with E-state index in [1.165, 1.54) is 6.07 Å². The van der Waals surface area contributed by atoms with Gasteiger partial charge in [0.15, 0.2) is 5.96 Å². The van der Waals surface area contributed by atoms with Gasteiger partial charge in [-0.2, -0.15) is 0 Å². The van der Waals surface area contributed by atoms with E-state index in [0.29, 0.717) is 31.2 Å². The quantitative estimate of drug-likeness (QED) is 0.311. The summed E-state index contributed by atoms with van der Waals surface area (Å²) in [5.74, 6) is -0.193. The Hall–Kier alpha value is -2.93. The molecular formula is C22H29FN4O2. The van der Waals surface area contributed by atoms with Crippen LogP contribution in [0, 0.1) is 12.7 Å². The van der Waals surface area contributed by atoms with E-state index in [1.807, 2.05) is 37.3 Å². The average molecular weight is 400 g/mol. The van der Waals surface area contributed by atoms with Crippen molar-refractivity contribution in [2.45, 2.75) is 26.4 Å². The van der Waals surface area contributed by atoms with Gasteiger partial charge in [0.2, 0.25) is 0 Å². The van der Waals surface area contributed by atoms with Crippen LogP contribution in [0.3, 0.4) is 0 Å². The lowest BCUT2D eigenvalue weighted by Gasteiger charge is -2.22. The summed E-state index contributed by atoms with van der Waals surface area (Å²) >= 11 is 0. The Morgan fingerprint density at radius 2 is 1.79 bits per heavy atom. The maximum Gasteiger partial charge on any atom is 0.251 e. The third-order valence-corrected chi connectivity index (χ3v) is 4.42. The van der Waals surface area contributed by atoms with E-state index in [9.17, 15) is 14.3 Å². The number of guanidine groups is 1. The van der Waals surface area contributed by atoms with Gasteiger partial charge in [-0.1, -0.05) is 36.4 Å². The third-order valence-electron chi connectivity index (χ3n) is 4.42. The standard InChI is InChI=1S/C22H29FN4O2/c1-4-24-21(27-15-22(3,29)18-8-6-5-7-9-18)26-13-12-25-20(28)17-11-10-16(2)19(23)14-17/h5-11,14,29H,4,12-13,15H2,1-3H3,(H,25,28)(H2,24,26,27). The molecule has 4 N–H and O–H groups in total. The van der Waals surface area contributed by atoms with Crippen LogP contribution in [0.5, 0.6) is 0 Å². The number of carbonyl (C=O) groups is 1. The van der Waals surface area contributed by atoms with Crippen LogP contribution in [0.15, 0.2) is 53.5 Å². The molecule has 1 unspecified atom stereocenters. The molecule has 0 aliphatic rings. The summed E-state index contributed by atoms with van der Waals surface area (Å²) in [5.41, 5.74) is 0.485. The minimum absolute atomic E-state index is 0.182. The highest BCUT2D eigenvalue weighted by molar-refractivity contribution is 5.94. The molecule has 29 heavy (non-hydrogen) atoms. The Morgan fingerprint density at radius 3 is 2.45 bits per heavy atom. The van der Waals surface area contributed by atoms with Crippen molar-refractivity contribution in [2.24, 2.45) is 4.99 Å². The second kappa shape index (κ2) is 10.6. The molecule has 0 spiro atoms. The van der Waals surface area contributed by atoms with E-state index >= 15 is 0 Å². The molecule has 0 saturated heterocycles. The third kappa shape index (κ3) is 6.87. The molecule has 0 radical (unpaired) electrons. The highest BCUT2D eigenvalue weighted by Gasteiger charge is 2.22. The Morgan fingerprint density at radius 1 is 1.10 bits per heavy atom. The molecule has 2 rings (SSSR count). The van der Waals surface area contributed by atoms with Gasteiger partial charge in [0.05, 0.1) is 6.54 Å². The van der Waals surface area contributed by atoms with Crippen LogP contribution in [-0.2, 0) is 5.60 Å². The molecule has 2 aromatic carbocycles. The van der Waals surface area contributed by atoms with Gasteiger partial charge in [0, 0.05) is 25.2 Å². The maximum atomic E-state index is 13.6. The summed E-state index contributed by atoms with van der Waals surface area (Å²) in [6, 6.07) is 13.8. The molecule has 156 valence electrons. The lowest BCUT2D eigenvalue weighted by atomic mass is 9.96. The van der Waals surface area contributed by atoms with Crippen molar-refractivity contribution in [3.8, 4) is 0 Å². The van der Waals surface area contributed by atoms with Crippen LogP contribution >= 0.6 is 0 Å². The zero-order valence-electron chi connectivity index (χ0n) is 17.1. The van der Waals surface area contributed by atoms with Gasteiger partial charge in [0.25, 0.3) is 5.91 Å². The Bertz CT molecular complexity index is 838. The number of aliphatic imine (C=N–C) groups is 1. The van der Waals surface area contributed by atoms with Gasteiger partial charge in [-0.25, -0.2) is 9.38 Å². The predicted octanol–water partition coefficient (Wildman–Crippen LogP) is 2.33. The van der Waals surface area contributed by atoms with Crippen molar-refractivity contribution < 1.29 is 14.3 Å². The molecular weight excluding hydrogens is 371 g/mol. The van der Waals surface area contributed by atoms with E-state index in [-0.39, 0.29) is 18.0 Å². The Balaban J connectivity index is 1.86. The van der Waals surface area contributed by atoms with Crippen LogP contribution in [0.25, 0.3) is 0 Å². The number of hydrogen-bond donors (Lipinski definition) is 4. The summed E-state index contributed by atoms with van der Waals surface area (Å²) in [5, 5.41) is 19.6. The van der Waals surface area contributed by atoms with Gasteiger partial charge in [-0.05, 0) is 44.0 Å². The molecule has 0 aromatic heterocycles. The molecule has 0 aliphatic carbocycles. The highest BCUT2D eigenvalue weighted by Crippen LogP contribution is 2.20. The van der Waals surface area contributed by atoms with Crippen LogP contribution < -0.4 is 16.0 Å². The first-order valence-electron chi connectivity index (χ1n) is 9.68. The minimum Gasteiger partial charge on any atom is -0.384 e. The number of nitrogens with zero attached hydrogens (tertiary/aromatic N) is 1. The fourth-order valence-electron chi connectivity index (χ4n) is 2.66. The SMILES string of the molecule is CCNC(=NCC(C)(O)c1ccccc1)NCCNC(=O)c1ccc(C)c(F)c1. The van der Waals surface area contributed by atoms with E-state index < -0.39 is 11.4 Å². The second-order valence-corrected chi connectivity index (χ2v) is 6.98. The lowest BCUT2D eigenvalue weighted by molar-refractivity contribution is 0.0672. The smallest absolute Gasteiger partial charge is 0.251 e. The zero-order valence-corrected chi connectivity index (χ0v) is 17.1. The summed E-state index contributed by atoms with van der Waals surface area (Å²) in [7, 11) is 0. The van der Waals surface area contributed by atoms with Crippen LogP contribution in [0.2, 0.25) is 0 Å². The van der Waals surface area contributed by atoms with Gasteiger partial charge in [0.1, 0.15) is 11.4 Å². The summed E-state index contributed by atoms with van der Waals surface area (Å²) in [6.07, 6.45) is 0. The average Bonchev–Trinajstić information content (AvgIpc) is 2.71. The zero-order chi connectivity index (χ0) is 21.3. The normalized spacial score (nSPS) is 13.5. The first-order valence-corrected chi connectivity index (χ1v) is 9.68. The van der Waals surface area contributed by atoms with Gasteiger partial charge in [-0.15, -0.1) is 0 Å². The predicted molar refractivity (Wildman–Crippen MR) is 113 cm³/mol. The molecule has 0 saturated carbocycles. The highest BCUT2D eigenvalue weighted by atomic mass is 19.1. The van der Waals surface area contributed by atoms with Crippen molar-refractivity contribution in [2.75, 3.05) is 26.2 Å². The minimum atomic E-state index is -1.09.